The molecule has 0 bridgehead atoms. The lowest BCUT2D eigenvalue weighted by molar-refractivity contribution is 0.213. The number of benzene rings is 2. The minimum Gasteiger partial charge on any atom is -0.446 e. The zero-order valence-corrected chi connectivity index (χ0v) is 14.0. The molecule has 0 spiro atoms. The van der Waals surface area contributed by atoms with Crippen LogP contribution in [0.1, 0.15) is 12.5 Å². The van der Waals surface area contributed by atoms with Gasteiger partial charge >= 0.3 is 0 Å². The van der Waals surface area contributed by atoms with Crippen LogP contribution in [0.5, 0.6) is 0 Å². The molecular weight excluding hydrogens is 314 g/mol. The highest BCUT2D eigenvalue weighted by Crippen LogP contribution is 2.33. The molecule has 2 heterocycles. The molecule has 25 heavy (non-hydrogen) atoms. The van der Waals surface area contributed by atoms with Crippen molar-refractivity contribution in [1.82, 2.24) is 4.98 Å². The third-order valence-corrected chi connectivity index (χ3v) is 4.11. The molecule has 0 saturated heterocycles. The maximum Gasteiger partial charge on any atom is 0.228 e. The van der Waals surface area contributed by atoms with Crippen LogP contribution in [-0.4, -0.2) is 17.8 Å². The van der Waals surface area contributed by atoms with Crippen LogP contribution in [0.4, 0.5) is 11.4 Å². The fraction of sp³-hybridized carbons (Fsp3) is 0.100. The molecule has 0 fully saturated rings. The number of fused-ring (bicyclic) bond motifs is 2. The van der Waals surface area contributed by atoms with E-state index in [4.69, 9.17) is 9.25 Å². The fourth-order valence-electron chi connectivity index (χ4n) is 2.88. The average molecular weight is 331 g/mol. The van der Waals surface area contributed by atoms with Gasteiger partial charge in [0, 0.05) is 11.1 Å². The summed E-state index contributed by atoms with van der Waals surface area (Å²) in [6, 6.07) is 18.0. The topological polar surface area (TPSA) is 59.6 Å². The first-order valence-corrected chi connectivity index (χ1v) is 7.97. The van der Waals surface area contributed by atoms with Gasteiger partial charge in [-0.05, 0) is 36.8 Å². The SMILES string of the molecule is CO/N=C(/C)c1ccc(Nc2c3ccccc3nc3occc23)cc1. The molecular formula is C20H17N3O2. The third kappa shape index (κ3) is 2.80. The van der Waals surface area contributed by atoms with Gasteiger partial charge in [0.15, 0.2) is 0 Å². The Bertz CT molecular complexity index is 1070. The van der Waals surface area contributed by atoms with E-state index in [9.17, 15) is 0 Å². The van der Waals surface area contributed by atoms with Crippen LogP contribution in [0.2, 0.25) is 0 Å². The van der Waals surface area contributed by atoms with Crippen LogP contribution in [0, 0.1) is 0 Å². The number of pyridine rings is 1. The summed E-state index contributed by atoms with van der Waals surface area (Å²) < 4.78 is 5.50. The zero-order valence-electron chi connectivity index (χ0n) is 14.0. The quantitative estimate of drug-likeness (QED) is 0.418. The second-order valence-electron chi connectivity index (χ2n) is 5.71. The van der Waals surface area contributed by atoms with Gasteiger partial charge in [-0.2, -0.15) is 0 Å². The van der Waals surface area contributed by atoms with E-state index in [1.807, 2.05) is 55.5 Å². The summed E-state index contributed by atoms with van der Waals surface area (Å²) in [7, 11) is 1.55. The average Bonchev–Trinajstić information content (AvgIpc) is 3.10. The van der Waals surface area contributed by atoms with Crippen molar-refractivity contribution in [2.24, 2.45) is 5.16 Å². The fourth-order valence-corrected chi connectivity index (χ4v) is 2.88. The molecule has 0 radical (unpaired) electrons. The van der Waals surface area contributed by atoms with Crippen LogP contribution < -0.4 is 5.32 Å². The van der Waals surface area contributed by atoms with E-state index in [2.05, 4.69) is 21.5 Å². The van der Waals surface area contributed by atoms with Gasteiger partial charge < -0.3 is 14.6 Å². The Balaban J connectivity index is 1.77. The van der Waals surface area contributed by atoms with Crippen LogP contribution in [0.3, 0.4) is 0 Å². The van der Waals surface area contributed by atoms with Crippen molar-refractivity contribution in [1.29, 1.82) is 0 Å². The number of hydrogen-bond donors (Lipinski definition) is 1. The smallest absolute Gasteiger partial charge is 0.228 e. The molecule has 0 amide bonds. The number of rotatable bonds is 4. The first kappa shape index (κ1) is 15.2. The normalized spacial score (nSPS) is 11.8. The number of oxime groups is 1. The highest BCUT2D eigenvalue weighted by molar-refractivity contribution is 6.07. The largest absolute Gasteiger partial charge is 0.446 e. The van der Waals surface area contributed by atoms with Gasteiger partial charge in [-0.15, -0.1) is 0 Å². The van der Waals surface area contributed by atoms with E-state index in [0.29, 0.717) is 5.71 Å². The Morgan fingerprint density at radius 2 is 1.84 bits per heavy atom. The van der Waals surface area contributed by atoms with Crippen molar-refractivity contribution >= 4 is 39.1 Å². The molecule has 0 aliphatic heterocycles. The maximum absolute atomic E-state index is 5.50. The number of nitrogens with one attached hydrogen (secondary N) is 1. The van der Waals surface area contributed by atoms with Crippen molar-refractivity contribution in [2.75, 3.05) is 12.4 Å². The molecule has 5 nitrogen and oxygen atoms in total. The maximum atomic E-state index is 5.50. The van der Waals surface area contributed by atoms with Gasteiger partial charge in [-0.3, -0.25) is 0 Å². The van der Waals surface area contributed by atoms with Gasteiger partial charge in [0.25, 0.3) is 0 Å². The van der Waals surface area contributed by atoms with E-state index in [-0.39, 0.29) is 0 Å². The summed E-state index contributed by atoms with van der Waals surface area (Å²) >= 11 is 0. The monoisotopic (exact) mass is 331 g/mol. The van der Waals surface area contributed by atoms with Gasteiger partial charge in [-0.1, -0.05) is 35.5 Å². The van der Waals surface area contributed by atoms with Gasteiger partial charge in [0.05, 0.1) is 28.6 Å². The molecule has 0 saturated carbocycles. The van der Waals surface area contributed by atoms with Crippen LogP contribution in [0.25, 0.3) is 22.0 Å². The van der Waals surface area contributed by atoms with Crippen LogP contribution >= 0.6 is 0 Å². The van der Waals surface area contributed by atoms with Crippen LogP contribution in [0.15, 0.2) is 70.4 Å². The first-order valence-electron chi connectivity index (χ1n) is 7.97. The highest BCUT2D eigenvalue weighted by atomic mass is 16.6. The summed E-state index contributed by atoms with van der Waals surface area (Å²) in [4.78, 5) is 9.39. The summed E-state index contributed by atoms with van der Waals surface area (Å²) in [5.41, 5.74) is 5.34. The number of furan rings is 1. The number of para-hydroxylation sites is 1. The zero-order chi connectivity index (χ0) is 17.2. The highest BCUT2D eigenvalue weighted by Gasteiger charge is 2.11. The summed E-state index contributed by atoms with van der Waals surface area (Å²) in [5, 5.41) is 9.47. The minimum atomic E-state index is 0.626. The lowest BCUT2D eigenvalue weighted by Gasteiger charge is -2.11. The predicted molar refractivity (Wildman–Crippen MR) is 100 cm³/mol. The number of nitrogens with zero attached hydrogens (tertiary/aromatic N) is 2. The van der Waals surface area contributed by atoms with Gasteiger partial charge in [0.2, 0.25) is 5.71 Å². The van der Waals surface area contributed by atoms with Gasteiger partial charge in [0.1, 0.15) is 7.11 Å². The molecule has 5 heteroatoms. The standard InChI is InChI=1S/C20H17N3O2/c1-13(23-24-2)14-7-9-15(10-8-14)21-19-16-5-3-4-6-18(16)22-20-17(19)11-12-25-20/h3-12H,1-2H3,(H,21,22)/b23-13-. The molecule has 0 unspecified atom stereocenters. The summed E-state index contributed by atoms with van der Waals surface area (Å²) in [6.45, 7) is 1.91. The molecule has 4 rings (SSSR count). The molecule has 0 atom stereocenters. The summed E-state index contributed by atoms with van der Waals surface area (Å²) in [6.07, 6.45) is 1.66. The Hall–Kier alpha value is -3.34. The van der Waals surface area contributed by atoms with E-state index < -0.39 is 0 Å². The van der Waals surface area contributed by atoms with E-state index in [0.717, 1.165) is 38.9 Å². The number of hydrogen-bond acceptors (Lipinski definition) is 5. The van der Waals surface area contributed by atoms with Gasteiger partial charge in [-0.25, -0.2) is 4.98 Å². The number of anilines is 2. The molecule has 0 aliphatic rings. The Kier molecular flexibility index (Phi) is 3.82. The molecule has 1 N–H and O–H groups in total. The second kappa shape index (κ2) is 6.28. The molecule has 2 aromatic carbocycles. The number of aromatic nitrogens is 1. The summed E-state index contributed by atoms with van der Waals surface area (Å²) in [5.74, 6) is 0. The predicted octanol–water partition coefficient (Wildman–Crippen LogP) is 5.10. The Labute approximate surface area is 144 Å². The van der Waals surface area contributed by atoms with Crippen molar-refractivity contribution in [3.05, 3.63) is 66.4 Å². The van der Waals surface area contributed by atoms with Crippen molar-refractivity contribution in [3.63, 3.8) is 0 Å². The molecule has 0 aliphatic carbocycles. The van der Waals surface area contributed by atoms with Crippen molar-refractivity contribution in [3.8, 4) is 0 Å². The van der Waals surface area contributed by atoms with E-state index >= 15 is 0 Å². The third-order valence-electron chi connectivity index (χ3n) is 4.11. The Morgan fingerprint density at radius 3 is 2.64 bits per heavy atom. The minimum absolute atomic E-state index is 0.626. The Morgan fingerprint density at radius 1 is 1.04 bits per heavy atom. The lowest BCUT2D eigenvalue weighted by Crippen LogP contribution is -1.97. The first-order chi connectivity index (χ1) is 12.3. The van der Waals surface area contributed by atoms with Crippen molar-refractivity contribution in [2.45, 2.75) is 6.92 Å². The van der Waals surface area contributed by atoms with E-state index in [1.165, 1.54) is 0 Å². The van der Waals surface area contributed by atoms with Crippen molar-refractivity contribution < 1.29 is 9.25 Å². The molecule has 4 aromatic rings. The van der Waals surface area contributed by atoms with Crippen LogP contribution in [-0.2, 0) is 4.84 Å². The molecule has 2 aromatic heterocycles. The second-order valence-corrected chi connectivity index (χ2v) is 5.71. The van der Waals surface area contributed by atoms with E-state index in [1.54, 1.807) is 13.4 Å². The lowest BCUT2D eigenvalue weighted by atomic mass is 10.1. The molecule has 124 valence electrons.